The fourth-order valence-corrected chi connectivity index (χ4v) is 2.14. The van der Waals surface area contributed by atoms with Crippen molar-refractivity contribution in [1.29, 1.82) is 0 Å². The zero-order chi connectivity index (χ0) is 13.9. The number of hydrogen-bond acceptors (Lipinski definition) is 3. The summed E-state index contributed by atoms with van der Waals surface area (Å²) in [6.07, 6.45) is 4.49. The molecule has 0 saturated carbocycles. The lowest BCUT2D eigenvalue weighted by atomic mass is 10.0. The highest BCUT2D eigenvalue weighted by molar-refractivity contribution is 5.27. The van der Waals surface area contributed by atoms with Crippen LogP contribution < -0.4 is 10.1 Å². The van der Waals surface area contributed by atoms with E-state index in [1.54, 1.807) is 14.2 Å². The van der Waals surface area contributed by atoms with Crippen molar-refractivity contribution in [2.24, 2.45) is 0 Å². The molecule has 1 atom stereocenters. The van der Waals surface area contributed by atoms with Gasteiger partial charge in [-0.1, -0.05) is 19.1 Å². The molecule has 1 N–H and O–H groups in total. The lowest BCUT2D eigenvalue weighted by Crippen LogP contribution is -2.32. The van der Waals surface area contributed by atoms with Gasteiger partial charge in [0, 0.05) is 19.8 Å². The van der Waals surface area contributed by atoms with Crippen molar-refractivity contribution >= 4 is 0 Å². The van der Waals surface area contributed by atoms with E-state index in [0.717, 1.165) is 38.2 Å². The molecule has 108 valence electrons. The molecule has 0 heterocycles. The van der Waals surface area contributed by atoms with E-state index < -0.39 is 0 Å². The largest absolute Gasteiger partial charge is 0.497 e. The second kappa shape index (κ2) is 9.82. The summed E-state index contributed by atoms with van der Waals surface area (Å²) >= 11 is 0. The average Bonchev–Trinajstić information content (AvgIpc) is 2.45. The van der Waals surface area contributed by atoms with Crippen LogP contribution in [0.4, 0.5) is 0 Å². The van der Waals surface area contributed by atoms with Crippen LogP contribution in [0.3, 0.4) is 0 Å². The molecule has 0 aliphatic rings. The molecule has 0 spiro atoms. The third-order valence-corrected chi connectivity index (χ3v) is 3.23. The Balaban J connectivity index is 2.48. The highest BCUT2D eigenvalue weighted by atomic mass is 16.5. The Morgan fingerprint density at radius 1 is 1.16 bits per heavy atom. The van der Waals surface area contributed by atoms with Gasteiger partial charge in [-0.3, -0.25) is 0 Å². The quantitative estimate of drug-likeness (QED) is 0.660. The molecule has 0 fully saturated rings. The molecule has 1 rings (SSSR count). The summed E-state index contributed by atoms with van der Waals surface area (Å²) in [5, 5.41) is 3.62. The van der Waals surface area contributed by atoms with Crippen LogP contribution in [0.15, 0.2) is 24.3 Å². The first-order chi connectivity index (χ1) is 9.30. The van der Waals surface area contributed by atoms with Gasteiger partial charge in [0.15, 0.2) is 0 Å². The van der Waals surface area contributed by atoms with Crippen LogP contribution >= 0.6 is 0 Å². The molecule has 1 aromatic carbocycles. The van der Waals surface area contributed by atoms with Gasteiger partial charge in [-0.25, -0.2) is 0 Å². The van der Waals surface area contributed by atoms with Gasteiger partial charge in [-0.05, 0) is 49.9 Å². The Hall–Kier alpha value is -1.06. The van der Waals surface area contributed by atoms with Gasteiger partial charge in [0.25, 0.3) is 0 Å². The van der Waals surface area contributed by atoms with E-state index in [4.69, 9.17) is 9.47 Å². The molecular formula is C16H27NO2. The Morgan fingerprint density at radius 3 is 2.47 bits per heavy atom. The lowest BCUT2D eigenvalue weighted by molar-refractivity contribution is 0.188. The highest BCUT2D eigenvalue weighted by Crippen LogP contribution is 2.14. The van der Waals surface area contributed by atoms with Gasteiger partial charge in [0.1, 0.15) is 5.75 Å². The van der Waals surface area contributed by atoms with Crippen LogP contribution in [-0.2, 0) is 11.2 Å². The number of methoxy groups -OCH3 is 2. The summed E-state index contributed by atoms with van der Waals surface area (Å²) in [7, 11) is 3.46. The zero-order valence-corrected chi connectivity index (χ0v) is 12.4. The molecule has 1 unspecified atom stereocenters. The molecule has 19 heavy (non-hydrogen) atoms. The minimum absolute atomic E-state index is 0.531. The van der Waals surface area contributed by atoms with Crippen LogP contribution in [0, 0.1) is 0 Å². The summed E-state index contributed by atoms with van der Waals surface area (Å²) in [5.74, 6) is 0.918. The minimum Gasteiger partial charge on any atom is -0.497 e. The average molecular weight is 265 g/mol. The summed E-state index contributed by atoms with van der Waals surface area (Å²) < 4.78 is 10.3. The van der Waals surface area contributed by atoms with Crippen molar-refractivity contribution in [3.63, 3.8) is 0 Å². The second-order valence-electron chi connectivity index (χ2n) is 4.84. The molecular weight excluding hydrogens is 238 g/mol. The second-order valence-corrected chi connectivity index (χ2v) is 4.84. The monoisotopic (exact) mass is 265 g/mol. The first kappa shape index (κ1) is 16.0. The third kappa shape index (κ3) is 6.60. The minimum atomic E-state index is 0.531. The van der Waals surface area contributed by atoms with Gasteiger partial charge in [-0.15, -0.1) is 0 Å². The summed E-state index contributed by atoms with van der Waals surface area (Å²) in [6, 6.07) is 8.89. The van der Waals surface area contributed by atoms with Crippen molar-refractivity contribution in [3.8, 4) is 5.75 Å². The fraction of sp³-hybridized carbons (Fsp3) is 0.625. The van der Waals surface area contributed by atoms with E-state index in [1.807, 2.05) is 12.1 Å². The van der Waals surface area contributed by atoms with E-state index in [1.165, 1.54) is 12.0 Å². The maximum absolute atomic E-state index is 5.19. The van der Waals surface area contributed by atoms with E-state index in [2.05, 4.69) is 24.4 Å². The lowest BCUT2D eigenvalue weighted by Gasteiger charge is -2.18. The fourth-order valence-electron chi connectivity index (χ4n) is 2.14. The van der Waals surface area contributed by atoms with E-state index in [0.29, 0.717) is 6.04 Å². The van der Waals surface area contributed by atoms with E-state index >= 15 is 0 Å². The van der Waals surface area contributed by atoms with Crippen LogP contribution in [0.2, 0.25) is 0 Å². The van der Waals surface area contributed by atoms with Crippen molar-refractivity contribution in [2.45, 2.75) is 38.6 Å². The van der Waals surface area contributed by atoms with Gasteiger partial charge in [0.2, 0.25) is 0 Å². The highest BCUT2D eigenvalue weighted by Gasteiger charge is 2.08. The van der Waals surface area contributed by atoms with Crippen molar-refractivity contribution in [2.75, 3.05) is 27.4 Å². The maximum atomic E-state index is 5.19. The molecule has 3 nitrogen and oxygen atoms in total. The topological polar surface area (TPSA) is 30.5 Å². The molecule has 3 heteroatoms. The molecule has 0 aliphatic heterocycles. The smallest absolute Gasteiger partial charge is 0.118 e. The first-order valence-corrected chi connectivity index (χ1v) is 7.15. The number of benzene rings is 1. The van der Waals surface area contributed by atoms with E-state index in [-0.39, 0.29) is 0 Å². The third-order valence-electron chi connectivity index (χ3n) is 3.23. The van der Waals surface area contributed by atoms with Crippen LogP contribution in [0.25, 0.3) is 0 Å². The van der Waals surface area contributed by atoms with Gasteiger partial charge >= 0.3 is 0 Å². The zero-order valence-electron chi connectivity index (χ0n) is 12.4. The Morgan fingerprint density at radius 2 is 1.89 bits per heavy atom. The summed E-state index contributed by atoms with van der Waals surface area (Å²) in [6.45, 7) is 4.12. The summed E-state index contributed by atoms with van der Waals surface area (Å²) in [4.78, 5) is 0. The summed E-state index contributed by atoms with van der Waals surface area (Å²) in [5.41, 5.74) is 1.35. The molecule has 0 aliphatic carbocycles. The Kier molecular flexibility index (Phi) is 8.26. The van der Waals surface area contributed by atoms with Crippen molar-refractivity contribution < 1.29 is 9.47 Å². The predicted molar refractivity (Wildman–Crippen MR) is 79.9 cm³/mol. The molecule has 0 amide bonds. The van der Waals surface area contributed by atoms with Crippen LogP contribution in [-0.4, -0.2) is 33.4 Å². The van der Waals surface area contributed by atoms with Gasteiger partial charge < -0.3 is 14.8 Å². The number of rotatable bonds is 10. The van der Waals surface area contributed by atoms with Crippen molar-refractivity contribution in [1.82, 2.24) is 5.32 Å². The SMILES string of the molecule is CCCNC(CCCOC)Cc1ccc(OC)cc1. The molecule has 0 aromatic heterocycles. The molecule has 1 aromatic rings. The predicted octanol–water partition coefficient (Wildman–Crippen LogP) is 3.03. The molecule has 0 bridgehead atoms. The van der Waals surface area contributed by atoms with E-state index in [9.17, 15) is 0 Å². The Labute approximate surface area is 117 Å². The maximum Gasteiger partial charge on any atom is 0.118 e. The standard InChI is InChI=1S/C16H27NO2/c1-4-11-17-15(6-5-12-18-2)13-14-7-9-16(19-3)10-8-14/h7-10,15,17H,4-6,11-13H2,1-3H3. The van der Waals surface area contributed by atoms with Crippen molar-refractivity contribution in [3.05, 3.63) is 29.8 Å². The van der Waals surface area contributed by atoms with Crippen LogP contribution in [0.5, 0.6) is 5.75 Å². The Bertz CT molecular complexity index is 324. The molecule has 0 radical (unpaired) electrons. The number of hydrogen-bond donors (Lipinski definition) is 1. The first-order valence-electron chi connectivity index (χ1n) is 7.15. The van der Waals surface area contributed by atoms with Gasteiger partial charge in [0.05, 0.1) is 7.11 Å². The normalized spacial score (nSPS) is 12.4. The van der Waals surface area contributed by atoms with Crippen LogP contribution in [0.1, 0.15) is 31.7 Å². The van der Waals surface area contributed by atoms with Gasteiger partial charge in [-0.2, -0.15) is 0 Å². The number of nitrogens with one attached hydrogen (secondary N) is 1. The number of ether oxygens (including phenoxy) is 2. The molecule has 0 saturated heterocycles.